The third-order valence-corrected chi connectivity index (χ3v) is 2.89. The maximum absolute atomic E-state index is 13.3. The van der Waals surface area contributed by atoms with Gasteiger partial charge in [-0.05, 0) is 29.5 Å². The number of hydrogen-bond acceptors (Lipinski definition) is 3. The summed E-state index contributed by atoms with van der Waals surface area (Å²) in [4.78, 5) is 2.23. The monoisotopic (exact) mass is 278 g/mol. The van der Waals surface area contributed by atoms with Gasteiger partial charge in [-0.3, -0.25) is 4.90 Å². The highest BCUT2D eigenvalue weighted by atomic mass is 19.1. The molecule has 1 aromatic rings. The van der Waals surface area contributed by atoms with Gasteiger partial charge >= 0.3 is 0 Å². The summed E-state index contributed by atoms with van der Waals surface area (Å²) in [5.41, 5.74) is 1.15. The molecule has 0 atom stereocenters. The highest BCUT2D eigenvalue weighted by molar-refractivity contribution is 5.34. The Balaban J connectivity index is 2.81. The van der Waals surface area contributed by atoms with Gasteiger partial charge in [0.25, 0.3) is 0 Å². The average molecular weight is 278 g/mol. The largest absolute Gasteiger partial charge is 0.396 e. The number of rotatable bonds is 6. The lowest BCUT2D eigenvalue weighted by atomic mass is 9.95. The Morgan fingerprint density at radius 3 is 2.60 bits per heavy atom. The molecule has 3 nitrogen and oxygen atoms in total. The van der Waals surface area contributed by atoms with E-state index in [1.807, 2.05) is 6.07 Å². The van der Waals surface area contributed by atoms with Crippen LogP contribution in [0.2, 0.25) is 0 Å². The number of nitrogens with zero attached hydrogens (tertiary/aromatic N) is 2. The van der Waals surface area contributed by atoms with Crippen LogP contribution in [0.1, 0.15) is 38.3 Å². The molecule has 0 bridgehead atoms. The van der Waals surface area contributed by atoms with Crippen molar-refractivity contribution in [1.82, 2.24) is 4.90 Å². The molecule has 0 aliphatic rings. The Kier molecular flexibility index (Phi) is 6.12. The van der Waals surface area contributed by atoms with Crippen LogP contribution < -0.4 is 0 Å². The minimum Gasteiger partial charge on any atom is -0.396 e. The van der Waals surface area contributed by atoms with Crippen molar-refractivity contribution in [1.29, 1.82) is 5.26 Å². The number of aliphatic hydroxyl groups is 1. The van der Waals surface area contributed by atoms with Crippen molar-refractivity contribution in [3.05, 3.63) is 35.1 Å². The number of benzene rings is 1. The average Bonchev–Trinajstić information content (AvgIpc) is 2.36. The molecule has 1 rings (SSSR count). The van der Waals surface area contributed by atoms with Crippen LogP contribution in [0, 0.1) is 22.6 Å². The third kappa shape index (κ3) is 5.68. The van der Waals surface area contributed by atoms with Crippen molar-refractivity contribution in [2.45, 2.75) is 33.7 Å². The molecule has 0 unspecified atom stereocenters. The summed E-state index contributed by atoms with van der Waals surface area (Å²) in [6, 6.07) is 6.52. The van der Waals surface area contributed by atoms with E-state index in [0.29, 0.717) is 13.0 Å². The third-order valence-electron chi connectivity index (χ3n) is 2.89. The Hall–Kier alpha value is -1.44. The van der Waals surface area contributed by atoms with E-state index in [4.69, 9.17) is 10.4 Å². The molecule has 0 amide bonds. The molecule has 0 saturated heterocycles. The van der Waals surface area contributed by atoms with Gasteiger partial charge in [0, 0.05) is 26.2 Å². The zero-order valence-corrected chi connectivity index (χ0v) is 12.5. The van der Waals surface area contributed by atoms with E-state index in [-0.39, 0.29) is 17.6 Å². The molecule has 0 aliphatic heterocycles. The van der Waals surface area contributed by atoms with Crippen LogP contribution in [-0.4, -0.2) is 29.7 Å². The SMILES string of the molecule is CC(C)(C)CN(CCCO)Cc1ccc(F)c(C#N)c1. The number of halogens is 1. The summed E-state index contributed by atoms with van der Waals surface area (Å²) >= 11 is 0. The van der Waals surface area contributed by atoms with E-state index in [1.54, 1.807) is 12.1 Å². The summed E-state index contributed by atoms with van der Waals surface area (Å²) in [6.45, 7) is 8.96. The number of aliphatic hydroxyl groups excluding tert-OH is 1. The first-order valence-electron chi connectivity index (χ1n) is 6.87. The van der Waals surface area contributed by atoms with Crippen molar-refractivity contribution >= 4 is 0 Å². The number of nitriles is 1. The molecule has 1 N–H and O–H groups in total. The first-order valence-corrected chi connectivity index (χ1v) is 6.87. The van der Waals surface area contributed by atoms with Gasteiger partial charge in [-0.25, -0.2) is 4.39 Å². The summed E-state index contributed by atoms with van der Waals surface area (Å²) in [6.07, 6.45) is 0.711. The summed E-state index contributed by atoms with van der Waals surface area (Å²) < 4.78 is 13.3. The van der Waals surface area contributed by atoms with Crippen molar-refractivity contribution in [3.8, 4) is 6.07 Å². The van der Waals surface area contributed by atoms with Gasteiger partial charge in [0.15, 0.2) is 0 Å². The first kappa shape index (κ1) is 16.6. The van der Waals surface area contributed by atoms with E-state index < -0.39 is 5.82 Å². The normalized spacial score (nSPS) is 11.7. The highest BCUT2D eigenvalue weighted by Crippen LogP contribution is 2.18. The lowest BCUT2D eigenvalue weighted by Crippen LogP contribution is -2.33. The van der Waals surface area contributed by atoms with Gasteiger partial charge in [0.1, 0.15) is 11.9 Å². The maximum Gasteiger partial charge on any atom is 0.140 e. The minimum atomic E-state index is -0.478. The first-order chi connectivity index (χ1) is 9.35. The zero-order valence-electron chi connectivity index (χ0n) is 12.5. The summed E-state index contributed by atoms with van der Waals surface area (Å²) in [5.74, 6) is -0.478. The Labute approximate surface area is 120 Å². The second-order valence-electron chi connectivity index (χ2n) is 6.27. The molecule has 0 aliphatic carbocycles. The van der Waals surface area contributed by atoms with Crippen LogP contribution in [0.4, 0.5) is 4.39 Å². The quantitative estimate of drug-likeness (QED) is 0.870. The summed E-state index contributed by atoms with van der Waals surface area (Å²) in [7, 11) is 0. The fourth-order valence-electron chi connectivity index (χ4n) is 2.19. The van der Waals surface area contributed by atoms with E-state index in [2.05, 4.69) is 25.7 Å². The molecule has 1 aromatic carbocycles. The van der Waals surface area contributed by atoms with E-state index >= 15 is 0 Å². The molecule has 0 spiro atoms. The van der Waals surface area contributed by atoms with Crippen LogP contribution in [0.3, 0.4) is 0 Å². The van der Waals surface area contributed by atoms with Gasteiger partial charge in [-0.2, -0.15) is 5.26 Å². The van der Waals surface area contributed by atoms with Crippen LogP contribution in [0.15, 0.2) is 18.2 Å². The molecule has 0 saturated carbocycles. The van der Waals surface area contributed by atoms with Gasteiger partial charge in [-0.1, -0.05) is 26.8 Å². The molecule has 20 heavy (non-hydrogen) atoms. The summed E-state index contributed by atoms with van der Waals surface area (Å²) in [5, 5.41) is 17.8. The molecule has 0 heterocycles. The predicted octanol–water partition coefficient (Wildman–Crippen LogP) is 2.93. The molecule has 0 radical (unpaired) electrons. The van der Waals surface area contributed by atoms with Crippen molar-refractivity contribution in [2.24, 2.45) is 5.41 Å². The highest BCUT2D eigenvalue weighted by Gasteiger charge is 2.17. The van der Waals surface area contributed by atoms with Gasteiger partial charge in [0.05, 0.1) is 5.56 Å². The Morgan fingerprint density at radius 1 is 1.35 bits per heavy atom. The molecular weight excluding hydrogens is 255 g/mol. The van der Waals surface area contributed by atoms with Crippen molar-refractivity contribution in [2.75, 3.05) is 19.7 Å². The molecule has 0 aromatic heterocycles. The van der Waals surface area contributed by atoms with E-state index in [0.717, 1.165) is 18.7 Å². The molecular formula is C16H23FN2O. The molecule has 110 valence electrons. The van der Waals surface area contributed by atoms with E-state index in [1.165, 1.54) is 6.07 Å². The zero-order chi connectivity index (χ0) is 15.2. The second-order valence-corrected chi connectivity index (χ2v) is 6.27. The fourth-order valence-corrected chi connectivity index (χ4v) is 2.19. The van der Waals surface area contributed by atoms with Gasteiger partial charge in [-0.15, -0.1) is 0 Å². The Morgan fingerprint density at radius 2 is 2.05 bits per heavy atom. The maximum atomic E-state index is 13.3. The van der Waals surface area contributed by atoms with Crippen molar-refractivity contribution in [3.63, 3.8) is 0 Å². The van der Waals surface area contributed by atoms with Gasteiger partial charge < -0.3 is 5.11 Å². The predicted molar refractivity (Wildman–Crippen MR) is 77.5 cm³/mol. The van der Waals surface area contributed by atoms with Crippen LogP contribution in [0.25, 0.3) is 0 Å². The van der Waals surface area contributed by atoms with Gasteiger partial charge in [0.2, 0.25) is 0 Å². The van der Waals surface area contributed by atoms with Crippen LogP contribution in [-0.2, 0) is 6.54 Å². The number of hydrogen-bond donors (Lipinski definition) is 1. The van der Waals surface area contributed by atoms with Crippen molar-refractivity contribution < 1.29 is 9.50 Å². The second kappa shape index (κ2) is 7.37. The molecule has 0 fully saturated rings. The smallest absolute Gasteiger partial charge is 0.140 e. The lowest BCUT2D eigenvalue weighted by Gasteiger charge is -2.30. The Bertz CT molecular complexity index is 474. The van der Waals surface area contributed by atoms with E-state index in [9.17, 15) is 4.39 Å². The standard InChI is InChI=1S/C16H23FN2O/c1-16(2,3)12-19(7-4-8-20)11-13-5-6-15(17)14(9-13)10-18/h5-6,9,20H,4,7-8,11-12H2,1-3H3. The topological polar surface area (TPSA) is 47.3 Å². The fraction of sp³-hybridized carbons (Fsp3) is 0.562. The minimum absolute atomic E-state index is 0.0837. The lowest BCUT2D eigenvalue weighted by molar-refractivity contribution is 0.166. The molecule has 4 heteroatoms. The van der Waals surface area contributed by atoms with Crippen LogP contribution in [0.5, 0.6) is 0 Å². The van der Waals surface area contributed by atoms with Crippen LogP contribution >= 0.6 is 0 Å².